The van der Waals surface area contributed by atoms with Crippen LogP contribution < -0.4 is 19.4 Å². The first-order valence-electron chi connectivity index (χ1n) is 10.7. The van der Waals surface area contributed by atoms with Crippen molar-refractivity contribution in [3.63, 3.8) is 0 Å². The number of hydrogen-bond donors (Lipinski definition) is 2. The average Bonchev–Trinajstić information content (AvgIpc) is 2.75. The van der Waals surface area contributed by atoms with Crippen LogP contribution in [0.5, 0.6) is 0 Å². The zero-order valence-corrected chi connectivity index (χ0v) is 19.3. The molecule has 1 aliphatic heterocycles. The molecule has 0 amide bonds. The maximum absolute atomic E-state index is 12.4. The van der Waals surface area contributed by atoms with Crippen LogP contribution in [-0.4, -0.2) is 60.5 Å². The Morgan fingerprint density at radius 1 is 1.00 bits per heavy atom. The van der Waals surface area contributed by atoms with Gasteiger partial charge in [-0.15, -0.1) is 0 Å². The highest BCUT2D eigenvalue weighted by molar-refractivity contribution is 7.90. The number of benzene rings is 2. The molecule has 1 saturated heterocycles. The van der Waals surface area contributed by atoms with Crippen LogP contribution in [0, 0.1) is 0 Å². The minimum Gasteiger partial charge on any atom is -0.378 e. The topological polar surface area (TPSA) is 57.1 Å². The summed E-state index contributed by atoms with van der Waals surface area (Å²) in [5, 5.41) is -0.431. The van der Waals surface area contributed by atoms with Gasteiger partial charge in [-0.2, -0.15) is 0 Å². The van der Waals surface area contributed by atoms with Crippen LogP contribution in [0.1, 0.15) is 25.5 Å². The van der Waals surface area contributed by atoms with Gasteiger partial charge in [0.1, 0.15) is 6.04 Å². The SMILES string of the molecule is CC(C)S(=O)(=O)NC[C@@H](c1ccc(N(C)C)cc1)[NH+]1CCN(c2ccccc2)CC1. The molecule has 1 fully saturated rings. The molecule has 6 nitrogen and oxygen atoms in total. The maximum atomic E-state index is 12.4. The molecule has 1 aliphatic rings. The van der Waals surface area contributed by atoms with Gasteiger partial charge in [-0.1, -0.05) is 30.3 Å². The summed E-state index contributed by atoms with van der Waals surface area (Å²) in [5.41, 5.74) is 3.57. The standard InChI is InChI=1S/C23H34N4O2S/c1-19(2)30(28,29)24-18-23(20-10-12-21(13-11-20)25(3)4)27-16-14-26(15-17-27)22-8-6-5-7-9-22/h5-13,19,23-24H,14-18H2,1-4H3/p+1/t23-/m0/s1. The monoisotopic (exact) mass is 431 g/mol. The highest BCUT2D eigenvalue weighted by Gasteiger charge is 2.30. The van der Waals surface area contributed by atoms with E-state index in [1.54, 1.807) is 13.8 Å². The first kappa shape index (κ1) is 22.6. The molecule has 0 saturated carbocycles. The highest BCUT2D eigenvalue weighted by atomic mass is 32.2. The summed E-state index contributed by atoms with van der Waals surface area (Å²) < 4.78 is 27.7. The fourth-order valence-electron chi connectivity index (χ4n) is 3.91. The Labute approximate surface area is 181 Å². The number of nitrogens with one attached hydrogen (secondary N) is 2. The molecule has 0 bridgehead atoms. The van der Waals surface area contributed by atoms with E-state index in [0.717, 1.165) is 31.9 Å². The first-order chi connectivity index (χ1) is 14.3. The van der Waals surface area contributed by atoms with Crippen LogP contribution in [0.15, 0.2) is 54.6 Å². The van der Waals surface area contributed by atoms with Crippen LogP contribution in [0.2, 0.25) is 0 Å². The van der Waals surface area contributed by atoms with Crippen LogP contribution in [-0.2, 0) is 10.0 Å². The van der Waals surface area contributed by atoms with E-state index >= 15 is 0 Å². The van der Waals surface area contributed by atoms with Crippen molar-refractivity contribution in [2.24, 2.45) is 0 Å². The van der Waals surface area contributed by atoms with Crippen LogP contribution in [0.3, 0.4) is 0 Å². The molecule has 2 N–H and O–H groups in total. The second kappa shape index (κ2) is 9.81. The summed E-state index contributed by atoms with van der Waals surface area (Å²) in [7, 11) is 0.753. The molecule has 30 heavy (non-hydrogen) atoms. The van der Waals surface area contributed by atoms with E-state index in [4.69, 9.17) is 0 Å². The van der Waals surface area contributed by atoms with Crippen molar-refractivity contribution in [2.75, 3.05) is 56.6 Å². The minimum absolute atomic E-state index is 0.0904. The van der Waals surface area contributed by atoms with E-state index in [-0.39, 0.29) is 6.04 Å². The molecular formula is C23H35N4O2S+. The molecule has 0 spiro atoms. The van der Waals surface area contributed by atoms with Gasteiger partial charge in [0.25, 0.3) is 0 Å². The molecule has 0 unspecified atom stereocenters. The summed E-state index contributed by atoms with van der Waals surface area (Å²) in [4.78, 5) is 5.91. The predicted molar refractivity (Wildman–Crippen MR) is 125 cm³/mol. The van der Waals surface area contributed by atoms with Gasteiger partial charge < -0.3 is 14.7 Å². The zero-order valence-electron chi connectivity index (χ0n) is 18.5. The van der Waals surface area contributed by atoms with Crippen molar-refractivity contribution >= 4 is 21.4 Å². The fraction of sp³-hybridized carbons (Fsp3) is 0.478. The highest BCUT2D eigenvalue weighted by Crippen LogP contribution is 2.18. The van der Waals surface area contributed by atoms with Gasteiger partial charge in [-0.05, 0) is 38.1 Å². The third-order valence-electron chi connectivity index (χ3n) is 5.94. The molecule has 0 aliphatic carbocycles. The molecule has 3 rings (SSSR count). The smallest absolute Gasteiger partial charge is 0.214 e. The quantitative estimate of drug-likeness (QED) is 0.666. The fourth-order valence-corrected chi connectivity index (χ4v) is 4.64. The molecule has 164 valence electrons. The Kier molecular flexibility index (Phi) is 7.39. The molecule has 0 radical (unpaired) electrons. The second-order valence-electron chi connectivity index (χ2n) is 8.46. The van der Waals surface area contributed by atoms with Gasteiger partial charge in [0.2, 0.25) is 10.0 Å². The Balaban J connectivity index is 1.75. The lowest BCUT2D eigenvalue weighted by Crippen LogP contribution is -3.15. The number of para-hydroxylation sites is 1. The van der Waals surface area contributed by atoms with Gasteiger partial charge in [0.15, 0.2) is 0 Å². The molecule has 7 heteroatoms. The number of sulfonamides is 1. The van der Waals surface area contributed by atoms with Crippen molar-refractivity contribution < 1.29 is 13.3 Å². The summed E-state index contributed by atoms with van der Waals surface area (Å²) in [5.74, 6) is 0. The Morgan fingerprint density at radius 2 is 1.60 bits per heavy atom. The van der Waals surface area contributed by atoms with E-state index in [1.807, 2.05) is 20.2 Å². The van der Waals surface area contributed by atoms with E-state index in [1.165, 1.54) is 16.2 Å². The normalized spacial score (nSPS) is 16.6. The number of quaternary nitrogens is 1. The Morgan fingerprint density at radius 3 is 2.13 bits per heavy atom. The van der Waals surface area contributed by atoms with Crippen molar-refractivity contribution in [3.05, 3.63) is 60.2 Å². The summed E-state index contributed by atoms with van der Waals surface area (Å²) in [6.07, 6.45) is 0. The molecule has 2 aromatic rings. The molecule has 0 aromatic heterocycles. The van der Waals surface area contributed by atoms with Gasteiger partial charge >= 0.3 is 0 Å². The van der Waals surface area contributed by atoms with E-state index in [2.05, 4.69) is 63.1 Å². The molecule has 1 atom stereocenters. The molecule has 1 heterocycles. The third-order valence-corrected chi connectivity index (χ3v) is 7.75. The number of anilines is 2. The van der Waals surface area contributed by atoms with Crippen LogP contribution in [0.4, 0.5) is 11.4 Å². The van der Waals surface area contributed by atoms with Crippen LogP contribution >= 0.6 is 0 Å². The lowest BCUT2D eigenvalue weighted by Gasteiger charge is -2.38. The predicted octanol–water partition coefficient (Wildman–Crippen LogP) is 1.53. The summed E-state index contributed by atoms with van der Waals surface area (Å²) in [6.45, 7) is 7.72. The lowest BCUT2D eigenvalue weighted by atomic mass is 10.0. The van der Waals surface area contributed by atoms with E-state index < -0.39 is 15.3 Å². The van der Waals surface area contributed by atoms with Crippen LogP contribution in [0.25, 0.3) is 0 Å². The van der Waals surface area contributed by atoms with Crippen molar-refractivity contribution in [2.45, 2.75) is 25.1 Å². The Hall–Kier alpha value is -2.09. The van der Waals surface area contributed by atoms with Gasteiger partial charge in [0, 0.05) is 31.0 Å². The van der Waals surface area contributed by atoms with E-state index in [0.29, 0.717) is 6.54 Å². The summed E-state index contributed by atoms with van der Waals surface area (Å²) >= 11 is 0. The van der Waals surface area contributed by atoms with Gasteiger partial charge in [-0.3, -0.25) is 0 Å². The molecular weight excluding hydrogens is 396 g/mol. The van der Waals surface area contributed by atoms with Crippen molar-refractivity contribution in [3.8, 4) is 0 Å². The number of rotatable bonds is 8. The van der Waals surface area contributed by atoms with Gasteiger partial charge in [0.05, 0.1) is 38.0 Å². The average molecular weight is 432 g/mol. The van der Waals surface area contributed by atoms with Crippen molar-refractivity contribution in [1.82, 2.24) is 4.72 Å². The maximum Gasteiger partial charge on any atom is 0.214 e. The number of nitrogens with zero attached hydrogens (tertiary/aromatic N) is 2. The first-order valence-corrected chi connectivity index (χ1v) is 12.2. The Bertz CT molecular complexity index is 891. The minimum atomic E-state index is -3.30. The largest absolute Gasteiger partial charge is 0.378 e. The number of hydrogen-bond acceptors (Lipinski definition) is 4. The van der Waals surface area contributed by atoms with E-state index in [9.17, 15) is 8.42 Å². The van der Waals surface area contributed by atoms with Crippen molar-refractivity contribution in [1.29, 1.82) is 0 Å². The molecule has 2 aromatic carbocycles. The lowest BCUT2D eigenvalue weighted by molar-refractivity contribution is -0.930. The summed E-state index contributed by atoms with van der Waals surface area (Å²) in [6, 6.07) is 19.1. The second-order valence-corrected chi connectivity index (χ2v) is 10.8. The zero-order chi connectivity index (χ0) is 21.7. The third kappa shape index (κ3) is 5.53. The van der Waals surface area contributed by atoms with Gasteiger partial charge in [-0.25, -0.2) is 13.1 Å². The number of piperazine rings is 1.